The summed E-state index contributed by atoms with van der Waals surface area (Å²) in [7, 11) is 0. The van der Waals surface area contributed by atoms with Crippen LogP contribution in [0.4, 0.5) is 4.39 Å². The number of aliphatic hydroxyl groups is 1. The van der Waals surface area contributed by atoms with E-state index in [1.54, 1.807) is 12.1 Å². The molecule has 0 aromatic heterocycles. The van der Waals surface area contributed by atoms with Crippen molar-refractivity contribution in [3.63, 3.8) is 0 Å². The van der Waals surface area contributed by atoms with Gasteiger partial charge in [0.25, 0.3) is 0 Å². The van der Waals surface area contributed by atoms with Crippen molar-refractivity contribution in [1.29, 1.82) is 0 Å². The van der Waals surface area contributed by atoms with Crippen molar-refractivity contribution in [2.75, 3.05) is 12.4 Å². The molecule has 16 heavy (non-hydrogen) atoms. The van der Waals surface area contributed by atoms with Crippen LogP contribution >= 0.6 is 11.8 Å². The third kappa shape index (κ3) is 3.39. The van der Waals surface area contributed by atoms with Gasteiger partial charge in [-0.2, -0.15) is 0 Å². The zero-order valence-electron chi connectivity index (χ0n) is 8.56. The SMILES string of the molecule is NC(=NO)c1ccc(SCCCO)c(F)c1. The topological polar surface area (TPSA) is 78.8 Å². The summed E-state index contributed by atoms with van der Waals surface area (Å²) >= 11 is 1.32. The molecule has 0 fully saturated rings. The van der Waals surface area contributed by atoms with E-state index < -0.39 is 5.82 Å². The quantitative estimate of drug-likeness (QED) is 0.183. The zero-order valence-corrected chi connectivity index (χ0v) is 9.38. The van der Waals surface area contributed by atoms with Crippen molar-refractivity contribution in [2.45, 2.75) is 11.3 Å². The third-order valence-corrected chi connectivity index (χ3v) is 3.03. The van der Waals surface area contributed by atoms with Gasteiger partial charge in [0.2, 0.25) is 0 Å². The van der Waals surface area contributed by atoms with Crippen LogP contribution in [0.5, 0.6) is 0 Å². The number of amidine groups is 1. The molecule has 1 aromatic carbocycles. The third-order valence-electron chi connectivity index (χ3n) is 1.90. The first kappa shape index (κ1) is 12.8. The van der Waals surface area contributed by atoms with Gasteiger partial charge in [-0.25, -0.2) is 4.39 Å². The number of aliphatic hydroxyl groups excluding tert-OH is 1. The maximum Gasteiger partial charge on any atom is 0.170 e. The normalized spacial score (nSPS) is 11.8. The molecule has 0 bridgehead atoms. The Morgan fingerprint density at radius 2 is 2.25 bits per heavy atom. The highest BCUT2D eigenvalue weighted by molar-refractivity contribution is 7.99. The van der Waals surface area contributed by atoms with Crippen LogP contribution in [0.2, 0.25) is 0 Å². The molecule has 0 aliphatic carbocycles. The summed E-state index contributed by atoms with van der Waals surface area (Å²) in [6, 6.07) is 4.38. The van der Waals surface area contributed by atoms with E-state index in [0.717, 1.165) is 0 Å². The van der Waals surface area contributed by atoms with Gasteiger partial charge in [0, 0.05) is 22.8 Å². The van der Waals surface area contributed by atoms with Crippen LogP contribution in [0.3, 0.4) is 0 Å². The van der Waals surface area contributed by atoms with Crippen molar-refractivity contribution in [3.8, 4) is 0 Å². The monoisotopic (exact) mass is 244 g/mol. The molecule has 0 aliphatic rings. The van der Waals surface area contributed by atoms with Crippen molar-refractivity contribution < 1.29 is 14.7 Å². The lowest BCUT2D eigenvalue weighted by molar-refractivity contribution is 0.296. The van der Waals surface area contributed by atoms with Gasteiger partial charge in [0.1, 0.15) is 5.82 Å². The Morgan fingerprint density at radius 3 is 2.81 bits per heavy atom. The molecule has 88 valence electrons. The van der Waals surface area contributed by atoms with Crippen LogP contribution in [0.1, 0.15) is 12.0 Å². The molecule has 0 amide bonds. The van der Waals surface area contributed by atoms with E-state index in [0.29, 0.717) is 22.6 Å². The molecule has 1 rings (SSSR count). The molecular weight excluding hydrogens is 231 g/mol. The molecule has 0 spiro atoms. The smallest absolute Gasteiger partial charge is 0.170 e. The summed E-state index contributed by atoms with van der Waals surface area (Å²) in [4.78, 5) is 0.489. The highest BCUT2D eigenvalue weighted by Crippen LogP contribution is 2.23. The van der Waals surface area contributed by atoms with E-state index in [2.05, 4.69) is 5.16 Å². The second-order valence-corrected chi connectivity index (χ2v) is 4.19. The summed E-state index contributed by atoms with van der Waals surface area (Å²) in [5.41, 5.74) is 5.67. The molecule has 6 heteroatoms. The van der Waals surface area contributed by atoms with E-state index in [9.17, 15) is 4.39 Å². The first-order valence-electron chi connectivity index (χ1n) is 4.70. The summed E-state index contributed by atoms with van der Waals surface area (Å²) < 4.78 is 13.5. The molecule has 0 saturated carbocycles. The molecule has 0 heterocycles. The van der Waals surface area contributed by atoms with E-state index in [1.165, 1.54) is 17.8 Å². The molecule has 0 atom stereocenters. The van der Waals surface area contributed by atoms with Crippen LogP contribution in [-0.4, -0.2) is 28.5 Å². The summed E-state index contributed by atoms with van der Waals surface area (Å²) in [6.07, 6.45) is 0.617. The number of thioether (sulfide) groups is 1. The van der Waals surface area contributed by atoms with Crippen molar-refractivity contribution >= 4 is 17.6 Å². The average molecular weight is 244 g/mol. The average Bonchev–Trinajstić information content (AvgIpc) is 2.30. The van der Waals surface area contributed by atoms with Crippen LogP contribution < -0.4 is 5.73 Å². The number of hydrogen-bond acceptors (Lipinski definition) is 4. The lowest BCUT2D eigenvalue weighted by Gasteiger charge is -2.04. The number of rotatable bonds is 5. The summed E-state index contributed by atoms with van der Waals surface area (Å²) in [5, 5.41) is 19.8. The lowest BCUT2D eigenvalue weighted by Crippen LogP contribution is -2.13. The largest absolute Gasteiger partial charge is 0.409 e. The molecular formula is C10H13FN2O2S. The standard InChI is InChI=1S/C10H13FN2O2S/c11-8-6-7(10(12)13-15)2-3-9(8)16-5-1-4-14/h2-3,6,14-15H,1,4-5H2,(H2,12,13). The summed E-state index contributed by atoms with van der Waals surface area (Å²) in [5.74, 6) is 0.119. The Bertz CT molecular complexity index is 385. The van der Waals surface area contributed by atoms with Gasteiger partial charge >= 0.3 is 0 Å². The zero-order chi connectivity index (χ0) is 12.0. The fourth-order valence-corrected chi connectivity index (χ4v) is 1.94. The van der Waals surface area contributed by atoms with E-state index >= 15 is 0 Å². The first-order chi connectivity index (χ1) is 7.69. The molecule has 4 nitrogen and oxygen atoms in total. The van der Waals surface area contributed by atoms with Gasteiger partial charge in [-0.3, -0.25) is 0 Å². The van der Waals surface area contributed by atoms with Gasteiger partial charge in [-0.15, -0.1) is 11.8 Å². The van der Waals surface area contributed by atoms with Crippen LogP contribution in [0.15, 0.2) is 28.3 Å². The second-order valence-electron chi connectivity index (χ2n) is 3.06. The molecule has 0 radical (unpaired) electrons. The number of oxime groups is 1. The molecule has 0 saturated heterocycles. The van der Waals surface area contributed by atoms with Crippen molar-refractivity contribution in [2.24, 2.45) is 10.9 Å². The Labute approximate surface area is 97.0 Å². The number of halogens is 1. The molecule has 0 aliphatic heterocycles. The Kier molecular flexibility index (Phi) is 5.07. The van der Waals surface area contributed by atoms with Gasteiger partial charge < -0.3 is 16.0 Å². The Hall–Kier alpha value is -1.27. The van der Waals surface area contributed by atoms with Gasteiger partial charge in [-0.1, -0.05) is 5.16 Å². The minimum atomic E-state index is -0.410. The van der Waals surface area contributed by atoms with Crippen molar-refractivity contribution in [3.05, 3.63) is 29.6 Å². The highest BCUT2D eigenvalue weighted by Gasteiger charge is 2.06. The fraction of sp³-hybridized carbons (Fsp3) is 0.300. The van der Waals surface area contributed by atoms with E-state index in [-0.39, 0.29) is 12.4 Å². The molecule has 0 unspecified atom stereocenters. The predicted octanol–water partition coefficient (Wildman–Crippen LogP) is 1.39. The van der Waals surface area contributed by atoms with Crippen molar-refractivity contribution in [1.82, 2.24) is 0 Å². The minimum absolute atomic E-state index is 0.0941. The van der Waals surface area contributed by atoms with Crippen LogP contribution in [0.25, 0.3) is 0 Å². The second kappa shape index (κ2) is 6.34. The van der Waals surface area contributed by atoms with Gasteiger partial charge in [0.05, 0.1) is 0 Å². The number of benzene rings is 1. The Balaban J connectivity index is 2.75. The number of nitrogens with zero attached hydrogens (tertiary/aromatic N) is 1. The predicted molar refractivity (Wildman–Crippen MR) is 61.3 cm³/mol. The summed E-state index contributed by atoms with van der Waals surface area (Å²) in [6.45, 7) is 0.0941. The molecule has 1 aromatic rings. The van der Waals surface area contributed by atoms with Crippen LogP contribution in [0, 0.1) is 5.82 Å². The van der Waals surface area contributed by atoms with Crippen LogP contribution in [-0.2, 0) is 0 Å². The first-order valence-corrected chi connectivity index (χ1v) is 5.68. The van der Waals surface area contributed by atoms with E-state index in [1.807, 2.05) is 0 Å². The van der Waals surface area contributed by atoms with Gasteiger partial charge in [-0.05, 0) is 24.6 Å². The number of hydrogen-bond donors (Lipinski definition) is 3. The Morgan fingerprint density at radius 1 is 1.50 bits per heavy atom. The number of nitrogens with two attached hydrogens (primary N) is 1. The maximum atomic E-state index is 13.5. The maximum absolute atomic E-state index is 13.5. The highest BCUT2D eigenvalue weighted by atomic mass is 32.2. The molecule has 4 N–H and O–H groups in total. The van der Waals surface area contributed by atoms with E-state index in [4.69, 9.17) is 16.0 Å². The fourth-order valence-electron chi connectivity index (χ4n) is 1.08. The minimum Gasteiger partial charge on any atom is -0.409 e. The lowest BCUT2D eigenvalue weighted by atomic mass is 10.2. The van der Waals surface area contributed by atoms with Gasteiger partial charge in [0.15, 0.2) is 5.84 Å².